The number of hydrogen-bond donors (Lipinski definition) is 5. The van der Waals surface area contributed by atoms with E-state index >= 15 is 0 Å². The van der Waals surface area contributed by atoms with Crippen molar-refractivity contribution in [3.63, 3.8) is 0 Å². The molecular weight excluding hydrogens is 1100 g/mol. The number of ether oxygens (including phenoxy) is 2. The number of likely N-dealkylation sites (tertiary alicyclic amines) is 2. The SMILES string of the molecule is CC[C@@H]1c2c(C#N)ncn2-c2cnc(Nc3ccc(C(=O)NC4CCN(CCCOCC(=O)NC(C(=O)N5C[C@H](O)C[C@H]5C(=O)NCc5ccc(-c6scnc6C)cc5)C(C)(C)C)CC4)cc3OC)nc2N1Cc1ccc(Br)cc1. The minimum Gasteiger partial charge on any atom is -0.495 e. The molecule has 3 aliphatic rings. The van der Waals surface area contributed by atoms with E-state index in [4.69, 9.17) is 14.5 Å². The van der Waals surface area contributed by atoms with Gasteiger partial charge in [0.2, 0.25) is 23.7 Å². The molecule has 4 atom stereocenters. The highest BCUT2D eigenvalue weighted by atomic mass is 79.9. The van der Waals surface area contributed by atoms with Crippen molar-refractivity contribution in [2.45, 2.75) is 110 Å². The number of carbonyl (C=O) groups is 4. The Morgan fingerprint density at radius 2 is 1.75 bits per heavy atom. The molecule has 80 heavy (non-hydrogen) atoms. The number of aliphatic hydroxyl groups is 1. The van der Waals surface area contributed by atoms with Crippen LogP contribution < -0.4 is 30.9 Å². The molecule has 2 fully saturated rings. The van der Waals surface area contributed by atoms with Crippen LogP contribution in [0.25, 0.3) is 16.1 Å². The number of halogens is 1. The second-order valence-electron chi connectivity index (χ2n) is 21.5. The van der Waals surface area contributed by atoms with E-state index in [1.807, 2.05) is 74.2 Å². The number of aromatic nitrogens is 5. The largest absolute Gasteiger partial charge is 0.495 e. The second-order valence-corrected chi connectivity index (χ2v) is 23.3. The van der Waals surface area contributed by atoms with Crippen LogP contribution in [-0.2, 0) is 32.2 Å². The van der Waals surface area contributed by atoms with Crippen LogP contribution >= 0.6 is 27.3 Å². The molecule has 2 saturated heterocycles. The average Bonchev–Trinajstić information content (AvgIpc) is 4.24. The van der Waals surface area contributed by atoms with Crippen molar-refractivity contribution >= 4 is 68.3 Å². The Hall–Kier alpha value is -7.29. The third-order valence-electron chi connectivity index (χ3n) is 14.9. The highest BCUT2D eigenvalue weighted by molar-refractivity contribution is 9.10. The maximum absolute atomic E-state index is 14.1. The number of nitrogens with zero attached hydrogens (tertiary/aromatic N) is 9. The fourth-order valence-corrected chi connectivity index (χ4v) is 11.7. The second kappa shape index (κ2) is 25.4. The molecule has 5 N–H and O–H groups in total. The normalized spacial score (nSPS) is 17.7. The Morgan fingerprint density at radius 1 is 1.00 bits per heavy atom. The summed E-state index contributed by atoms with van der Waals surface area (Å²) in [5.74, 6) is -0.00537. The van der Waals surface area contributed by atoms with Crippen molar-refractivity contribution in [1.29, 1.82) is 5.26 Å². The van der Waals surface area contributed by atoms with Crippen molar-refractivity contribution < 1.29 is 33.8 Å². The highest BCUT2D eigenvalue weighted by Crippen LogP contribution is 2.42. The highest BCUT2D eigenvalue weighted by Gasteiger charge is 2.44. The van der Waals surface area contributed by atoms with Gasteiger partial charge in [0.1, 0.15) is 42.5 Å². The smallest absolute Gasteiger partial charge is 0.251 e. The van der Waals surface area contributed by atoms with Gasteiger partial charge in [-0.3, -0.25) is 23.7 Å². The molecule has 0 saturated carbocycles. The zero-order valence-corrected chi connectivity index (χ0v) is 48.3. The van der Waals surface area contributed by atoms with Crippen LogP contribution in [-0.4, -0.2) is 134 Å². The predicted octanol–water partition coefficient (Wildman–Crippen LogP) is 7.36. The van der Waals surface area contributed by atoms with Gasteiger partial charge in [0.25, 0.3) is 5.91 Å². The third-order valence-corrected chi connectivity index (χ3v) is 16.4. The zero-order valence-electron chi connectivity index (χ0n) is 45.9. The number of aryl methyl sites for hydroxylation is 1. The summed E-state index contributed by atoms with van der Waals surface area (Å²) >= 11 is 5.11. The summed E-state index contributed by atoms with van der Waals surface area (Å²) in [7, 11) is 1.55. The van der Waals surface area contributed by atoms with Gasteiger partial charge in [0.05, 0.1) is 52.9 Å². The number of carbonyl (C=O) groups excluding carboxylic acids is 4. The van der Waals surface area contributed by atoms with E-state index in [0.29, 0.717) is 66.1 Å². The Labute approximate surface area is 478 Å². The van der Waals surface area contributed by atoms with Gasteiger partial charge in [0.15, 0.2) is 11.5 Å². The lowest BCUT2D eigenvalue weighted by Gasteiger charge is -2.38. The fraction of sp³-hybridized carbons (Fsp3) is 0.431. The van der Waals surface area contributed by atoms with Gasteiger partial charge < -0.3 is 50.5 Å². The van der Waals surface area contributed by atoms with Gasteiger partial charge in [0, 0.05) is 68.4 Å². The molecule has 3 aromatic carbocycles. The fourth-order valence-electron chi connectivity index (χ4n) is 10.6. The molecule has 22 heteroatoms. The summed E-state index contributed by atoms with van der Waals surface area (Å²) in [6.07, 6.45) is 5.50. The van der Waals surface area contributed by atoms with E-state index in [-0.39, 0.29) is 50.0 Å². The van der Waals surface area contributed by atoms with Crippen LogP contribution in [0.2, 0.25) is 0 Å². The lowest BCUT2D eigenvalue weighted by atomic mass is 9.85. The van der Waals surface area contributed by atoms with E-state index in [0.717, 1.165) is 69.9 Å². The molecule has 0 aliphatic carbocycles. The van der Waals surface area contributed by atoms with E-state index in [1.54, 1.807) is 49.2 Å². The summed E-state index contributed by atoms with van der Waals surface area (Å²) in [6, 6.07) is 21.4. The number of nitriles is 1. The summed E-state index contributed by atoms with van der Waals surface area (Å²) < 4.78 is 14.4. The van der Waals surface area contributed by atoms with Crippen LogP contribution in [0.3, 0.4) is 0 Å². The molecule has 20 nitrogen and oxygen atoms in total. The summed E-state index contributed by atoms with van der Waals surface area (Å²) in [6.45, 7) is 12.7. The third kappa shape index (κ3) is 13.3. The van der Waals surface area contributed by atoms with Gasteiger partial charge in [-0.15, -0.1) is 11.3 Å². The molecule has 6 heterocycles. The number of β-amino-alcohol motifs (C(OH)–C–C–N with tert-alkyl or cyclic N) is 1. The van der Waals surface area contributed by atoms with Crippen molar-refractivity contribution in [1.82, 2.24) is 50.3 Å². The van der Waals surface area contributed by atoms with E-state index in [1.165, 1.54) is 4.90 Å². The molecule has 420 valence electrons. The first-order valence-corrected chi connectivity index (χ1v) is 28.7. The zero-order chi connectivity index (χ0) is 56.7. The molecule has 0 spiro atoms. The maximum atomic E-state index is 14.1. The van der Waals surface area contributed by atoms with Crippen LogP contribution in [0.1, 0.15) is 104 Å². The van der Waals surface area contributed by atoms with Crippen molar-refractivity contribution in [2.24, 2.45) is 5.41 Å². The number of rotatable bonds is 20. The van der Waals surface area contributed by atoms with Crippen LogP contribution in [0.5, 0.6) is 5.75 Å². The van der Waals surface area contributed by atoms with E-state index in [9.17, 15) is 29.5 Å². The molecule has 0 radical (unpaired) electrons. The number of amides is 4. The number of benzene rings is 3. The van der Waals surface area contributed by atoms with Crippen LogP contribution in [0.4, 0.5) is 17.5 Å². The number of anilines is 3. The standard InChI is InChI=1S/C58H68BrN13O7S/c1-7-45-50-44(27-60)63-33-72(50)47-29-62-57(68-53(47)70(45)30-37-11-16-40(59)17-12-37)66-43-18-15-39(25-48(43)78-6)54(75)65-41-19-22-69(23-20-41)21-8-24-79-32-49(74)67-52(58(3,4)5)56(77)71-31-42(73)26-46(71)55(76)61-28-36-9-13-38(14-10-36)51-35(2)64-34-80-51/h9-18,25,29,33-34,41-42,45-46,52,73H,7-8,19-24,26,28,30-32H2,1-6H3,(H,61,76)(H,65,75)(H,67,74)(H,62,66,68)/t42-,45-,46+,52?/m1/s1. The Balaban J connectivity index is 0.715. The van der Waals surface area contributed by atoms with E-state index in [2.05, 4.69) is 87.1 Å². The first-order chi connectivity index (χ1) is 38.5. The quantitative estimate of drug-likeness (QED) is 0.0469. The minimum absolute atomic E-state index is 0.0179. The number of thiazole rings is 1. The number of nitrogens with one attached hydrogen (secondary N) is 4. The number of methoxy groups -OCH3 is 1. The van der Waals surface area contributed by atoms with E-state index < -0.39 is 35.4 Å². The number of hydrogen-bond acceptors (Lipinski definition) is 16. The maximum Gasteiger partial charge on any atom is 0.251 e. The van der Waals surface area contributed by atoms with Crippen molar-refractivity contribution in [3.05, 3.63) is 123 Å². The number of aliphatic hydroxyl groups excluding tert-OH is 1. The first kappa shape index (κ1) is 57.4. The summed E-state index contributed by atoms with van der Waals surface area (Å²) in [5.41, 5.74) is 7.98. The molecule has 9 rings (SSSR count). The molecule has 0 bridgehead atoms. The molecule has 3 aliphatic heterocycles. The Bertz CT molecular complexity index is 3220. The Morgan fingerprint density at radius 3 is 2.44 bits per heavy atom. The number of fused-ring (bicyclic) bond motifs is 3. The number of imidazole rings is 1. The van der Waals surface area contributed by atoms with Gasteiger partial charge >= 0.3 is 0 Å². The summed E-state index contributed by atoms with van der Waals surface area (Å²) in [5, 5.41) is 32.9. The Kier molecular flexibility index (Phi) is 18.3. The van der Waals surface area contributed by atoms with Crippen LogP contribution in [0.15, 0.2) is 89.2 Å². The van der Waals surface area contributed by atoms with Crippen molar-refractivity contribution in [3.8, 4) is 27.9 Å². The molecule has 4 amide bonds. The summed E-state index contributed by atoms with van der Waals surface area (Å²) in [4.78, 5) is 79.9. The molecular formula is C58H68BrN13O7S. The van der Waals surface area contributed by atoms with Gasteiger partial charge in [-0.05, 0) is 85.0 Å². The van der Waals surface area contributed by atoms with Crippen LogP contribution in [0, 0.1) is 23.7 Å². The van der Waals surface area contributed by atoms with Crippen molar-refractivity contribution in [2.75, 3.05) is 56.7 Å². The van der Waals surface area contributed by atoms with Gasteiger partial charge in [-0.25, -0.2) is 15.0 Å². The minimum atomic E-state index is -0.964. The lowest BCUT2D eigenvalue weighted by Crippen LogP contribution is -2.58. The first-order valence-electron chi connectivity index (χ1n) is 27.0. The molecule has 1 unspecified atom stereocenters. The van der Waals surface area contributed by atoms with Gasteiger partial charge in [-0.1, -0.05) is 80.0 Å². The predicted molar refractivity (Wildman–Crippen MR) is 308 cm³/mol. The topological polar surface area (TPSA) is 245 Å². The van der Waals surface area contributed by atoms with Gasteiger partial charge in [-0.2, -0.15) is 10.2 Å². The number of piperidine rings is 1. The monoisotopic (exact) mass is 1170 g/mol. The average molecular weight is 1170 g/mol. The molecule has 3 aromatic heterocycles. The lowest BCUT2D eigenvalue weighted by molar-refractivity contribution is -0.144. The molecule has 6 aromatic rings.